The molecular formula is C34H36N4O2. The molecule has 0 atom stereocenters. The molecule has 5 rings (SSSR count). The summed E-state index contributed by atoms with van der Waals surface area (Å²) in [5.41, 5.74) is 9.65. The highest BCUT2D eigenvalue weighted by atomic mass is 16.2. The first-order chi connectivity index (χ1) is 19.4. The number of H-pyrrole nitrogens is 1. The number of amides is 2. The van der Waals surface area contributed by atoms with Crippen LogP contribution in [0.25, 0.3) is 33.9 Å². The van der Waals surface area contributed by atoms with Crippen LogP contribution in [-0.4, -0.2) is 47.9 Å². The van der Waals surface area contributed by atoms with Crippen molar-refractivity contribution in [2.75, 3.05) is 31.5 Å². The third-order valence-electron chi connectivity index (χ3n) is 7.71. The largest absolute Gasteiger partial charge is 0.358 e. The highest BCUT2D eigenvalue weighted by Crippen LogP contribution is 2.37. The van der Waals surface area contributed by atoms with Gasteiger partial charge >= 0.3 is 0 Å². The van der Waals surface area contributed by atoms with Crippen LogP contribution in [0.5, 0.6) is 0 Å². The van der Waals surface area contributed by atoms with Crippen molar-refractivity contribution in [1.82, 2.24) is 15.2 Å². The molecule has 0 radical (unpaired) electrons. The number of hydrogen-bond acceptors (Lipinski definition) is 3. The van der Waals surface area contributed by atoms with Crippen LogP contribution in [0.2, 0.25) is 0 Å². The second-order valence-corrected chi connectivity index (χ2v) is 10.2. The molecule has 2 amide bonds. The number of likely N-dealkylation sites (N-methyl/N-ethyl adjacent to an activating group) is 1. The highest BCUT2D eigenvalue weighted by molar-refractivity contribution is 6.35. The van der Waals surface area contributed by atoms with Crippen molar-refractivity contribution < 1.29 is 9.59 Å². The summed E-state index contributed by atoms with van der Waals surface area (Å²) in [6, 6.07) is 24.8. The van der Waals surface area contributed by atoms with Crippen LogP contribution >= 0.6 is 0 Å². The third kappa shape index (κ3) is 5.49. The van der Waals surface area contributed by atoms with Gasteiger partial charge in [0.1, 0.15) is 0 Å². The summed E-state index contributed by atoms with van der Waals surface area (Å²) in [6.45, 7) is 11.4. The van der Waals surface area contributed by atoms with Gasteiger partial charge in [0.05, 0.1) is 11.1 Å². The van der Waals surface area contributed by atoms with E-state index in [1.807, 2.05) is 50.3 Å². The number of aromatic amines is 1. The van der Waals surface area contributed by atoms with Gasteiger partial charge in [-0.25, -0.2) is 0 Å². The quantitative estimate of drug-likeness (QED) is 0.215. The topological polar surface area (TPSA) is 77.2 Å². The molecule has 0 fully saturated rings. The summed E-state index contributed by atoms with van der Waals surface area (Å²) in [7, 11) is 0. The number of aromatic nitrogens is 1. The molecule has 1 aliphatic rings. The Morgan fingerprint density at radius 1 is 0.875 bits per heavy atom. The molecule has 2 heterocycles. The summed E-state index contributed by atoms with van der Waals surface area (Å²) in [5, 5.41) is 6.04. The summed E-state index contributed by atoms with van der Waals surface area (Å²) < 4.78 is 0. The molecule has 0 spiro atoms. The van der Waals surface area contributed by atoms with Crippen molar-refractivity contribution in [2.45, 2.75) is 27.7 Å². The Labute approximate surface area is 236 Å². The molecule has 6 heteroatoms. The second kappa shape index (κ2) is 11.8. The number of anilines is 1. The van der Waals surface area contributed by atoms with Gasteiger partial charge in [-0.1, -0.05) is 68.4 Å². The smallest absolute Gasteiger partial charge is 0.256 e. The molecular weight excluding hydrogens is 496 g/mol. The van der Waals surface area contributed by atoms with Crippen LogP contribution in [0.4, 0.5) is 5.69 Å². The first kappa shape index (κ1) is 27.2. The number of rotatable bonds is 9. The summed E-state index contributed by atoms with van der Waals surface area (Å²) >= 11 is 0. The fraction of sp³-hybridized carbons (Fsp3) is 0.235. The van der Waals surface area contributed by atoms with Gasteiger partial charge in [-0.05, 0) is 79.0 Å². The Morgan fingerprint density at radius 2 is 1.55 bits per heavy atom. The fourth-order valence-corrected chi connectivity index (χ4v) is 5.38. The number of aryl methyl sites for hydroxylation is 1. The van der Waals surface area contributed by atoms with Gasteiger partial charge < -0.3 is 20.5 Å². The van der Waals surface area contributed by atoms with E-state index < -0.39 is 0 Å². The molecule has 0 bridgehead atoms. The SMILES string of the molecule is CCN(CC)CCNC(=O)c1c(C)[nH]c(/C=C2\C(=O)Nc3ccc(-c4cccc(-c5ccccc5)c4)cc32)c1C. The predicted molar refractivity (Wildman–Crippen MR) is 164 cm³/mol. The predicted octanol–water partition coefficient (Wildman–Crippen LogP) is 6.53. The number of carbonyl (C=O) groups is 2. The van der Waals surface area contributed by atoms with E-state index in [0.29, 0.717) is 17.7 Å². The van der Waals surface area contributed by atoms with Gasteiger partial charge in [0, 0.05) is 35.7 Å². The zero-order valence-electron chi connectivity index (χ0n) is 23.6. The van der Waals surface area contributed by atoms with E-state index in [0.717, 1.165) is 70.1 Å². The van der Waals surface area contributed by atoms with Crippen LogP contribution in [0.3, 0.4) is 0 Å². The maximum Gasteiger partial charge on any atom is 0.256 e. The van der Waals surface area contributed by atoms with E-state index >= 15 is 0 Å². The number of hydrogen-bond donors (Lipinski definition) is 3. The summed E-state index contributed by atoms with van der Waals surface area (Å²) in [6.07, 6.45) is 1.86. The van der Waals surface area contributed by atoms with Crippen molar-refractivity contribution in [2.24, 2.45) is 0 Å². The molecule has 1 aliphatic heterocycles. The molecule has 0 saturated heterocycles. The average molecular weight is 533 g/mol. The Bertz CT molecular complexity index is 1580. The fourth-order valence-electron chi connectivity index (χ4n) is 5.38. The number of nitrogens with one attached hydrogen (secondary N) is 3. The van der Waals surface area contributed by atoms with Crippen molar-refractivity contribution >= 4 is 29.2 Å². The molecule has 3 N–H and O–H groups in total. The molecule has 3 aromatic carbocycles. The summed E-state index contributed by atoms with van der Waals surface area (Å²) in [5.74, 6) is -0.248. The zero-order valence-corrected chi connectivity index (χ0v) is 23.6. The van der Waals surface area contributed by atoms with Gasteiger partial charge in [0.15, 0.2) is 0 Å². The Balaban J connectivity index is 1.43. The van der Waals surface area contributed by atoms with E-state index in [9.17, 15) is 9.59 Å². The summed E-state index contributed by atoms with van der Waals surface area (Å²) in [4.78, 5) is 31.7. The normalized spacial score (nSPS) is 13.5. The van der Waals surface area contributed by atoms with Crippen molar-refractivity contribution in [3.63, 3.8) is 0 Å². The van der Waals surface area contributed by atoms with E-state index in [4.69, 9.17) is 0 Å². The molecule has 4 aromatic rings. The van der Waals surface area contributed by atoms with Crippen molar-refractivity contribution in [3.8, 4) is 22.3 Å². The molecule has 40 heavy (non-hydrogen) atoms. The number of nitrogens with zero attached hydrogens (tertiary/aromatic N) is 1. The van der Waals surface area contributed by atoms with Crippen LogP contribution in [0, 0.1) is 13.8 Å². The average Bonchev–Trinajstić information content (AvgIpc) is 3.44. The van der Waals surface area contributed by atoms with Crippen molar-refractivity contribution in [3.05, 3.63) is 101 Å². The number of carbonyl (C=O) groups excluding carboxylic acids is 2. The molecule has 0 unspecified atom stereocenters. The third-order valence-corrected chi connectivity index (χ3v) is 7.71. The lowest BCUT2D eigenvalue weighted by Gasteiger charge is -2.18. The lowest BCUT2D eigenvalue weighted by atomic mass is 9.96. The minimum absolute atomic E-state index is 0.0973. The number of fused-ring (bicyclic) bond motifs is 1. The van der Waals surface area contributed by atoms with Crippen LogP contribution < -0.4 is 10.6 Å². The standard InChI is InChI=1S/C34H36N4O2/c1-5-38(6-2)18-17-35-34(40)32-22(3)31(36-23(32)4)21-29-28-20-27(15-16-30(28)37-33(29)39)26-14-10-13-25(19-26)24-11-8-7-9-12-24/h7-16,19-21,36H,5-6,17-18H2,1-4H3,(H,35,40)(H,37,39)/b29-21-. The first-order valence-corrected chi connectivity index (χ1v) is 13.9. The molecule has 1 aromatic heterocycles. The Kier molecular flexibility index (Phi) is 7.99. The van der Waals surface area contributed by atoms with Crippen LogP contribution in [0.1, 0.15) is 46.7 Å². The van der Waals surface area contributed by atoms with Crippen LogP contribution in [0.15, 0.2) is 72.8 Å². The van der Waals surface area contributed by atoms with Crippen molar-refractivity contribution in [1.29, 1.82) is 0 Å². The first-order valence-electron chi connectivity index (χ1n) is 13.9. The molecule has 0 saturated carbocycles. The Morgan fingerprint density at radius 3 is 2.27 bits per heavy atom. The maximum absolute atomic E-state index is 13.0. The lowest BCUT2D eigenvalue weighted by molar-refractivity contribution is -0.110. The Hall–Kier alpha value is -4.42. The van der Waals surface area contributed by atoms with E-state index in [2.05, 4.69) is 76.8 Å². The zero-order chi connectivity index (χ0) is 28.2. The second-order valence-electron chi connectivity index (χ2n) is 10.2. The highest BCUT2D eigenvalue weighted by Gasteiger charge is 2.26. The minimum atomic E-state index is -0.151. The molecule has 6 nitrogen and oxygen atoms in total. The van der Waals surface area contributed by atoms with Gasteiger partial charge in [-0.2, -0.15) is 0 Å². The lowest BCUT2D eigenvalue weighted by Crippen LogP contribution is -2.35. The van der Waals surface area contributed by atoms with Crippen LogP contribution in [-0.2, 0) is 4.79 Å². The molecule has 204 valence electrons. The van der Waals surface area contributed by atoms with Gasteiger partial charge in [-0.15, -0.1) is 0 Å². The molecule has 0 aliphatic carbocycles. The van der Waals surface area contributed by atoms with Gasteiger partial charge in [-0.3, -0.25) is 9.59 Å². The van der Waals surface area contributed by atoms with E-state index in [1.165, 1.54) is 0 Å². The van der Waals surface area contributed by atoms with E-state index in [1.54, 1.807) is 0 Å². The monoisotopic (exact) mass is 532 g/mol. The van der Waals surface area contributed by atoms with Gasteiger partial charge in [0.25, 0.3) is 11.8 Å². The maximum atomic E-state index is 13.0. The van der Waals surface area contributed by atoms with E-state index in [-0.39, 0.29) is 11.8 Å². The minimum Gasteiger partial charge on any atom is -0.358 e. The number of benzene rings is 3. The van der Waals surface area contributed by atoms with Gasteiger partial charge in [0.2, 0.25) is 0 Å².